The van der Waals surface area contributed by atoms with E-state index in [1.165, 1.54) is 32.1 Å². The Morgan fingerprint density at radius 2 is 0.522 bits per heavy atom. The van der Waals surface area contributed by atoms with Gasteiger partial charge in [0.05, 0.1) is 0 Å². The summed E-state index contributed by atoms with van der Waals surface area (Å²) in [5.74, 6) is 0. The van der Waals surface area contributed by atoms with Crippen LogP contribution in [0.3, 0.4) is 0 Å². The van der Waals surface area contributed by atoms with Crippen LogP contribution >= 0.6 is 0 Å². The highest BCUT2D eigenvalue weighted by Crippen LogP contribution is 2.82. The quantitative estimate of drug-likeness (QED) is 0.479. The van der Waals surface area contributed by atoms with Crippen molar-refractivity contribution in [2.75, 3.05) is 0 Å². The molecule has 1 aliphatic carbocycles. The van der Waals surface area contributed by atoms with Gasteiger partial charge in [0.15, 0.2) is 0 Å². The minimum Gasteiger partial charge on any atom is -0.0648 e. The molecule has 0 aromatic carbocycles. The fourth-order valence-corrected chi connectivity index (χ4v) is 7.82. The monoisotopic (exact) mass is 322 g/mol. The van der Waals surface area contributed by atoms with Crippen molar-refractivity contribution in [3.05, 3.63) is 0 Å². The average Bonchev–Trinajstić information content (AvgIpc) is 2.55. The maximum atomic E-state index is 2.64. The van der Waals surface area contributed by atoms with Gasteiger partial charge in [0.2, 0.25) is 0 Å². The summed E-state index contributed by atoms with van der Waals surface area (Å²) in [6, 6.07) is 0. The highest BCUT2D eigenvalue weighted by molar-refractivity contribution is 5.23. The van der Waals surface area contributed by atoms with Gasteiger partial charge in [0.25, 0.3) is 0 Å². The van der Waals surface area contributed by atoms with Crippen LogP contribution in [0.4, 0.5) is 0 Å². The minimum absolute atomic E-state index is 0.313. The standard InChI is InChI=1S/C23H46/c1-13-19(8)18(6,7)20(9,14-2)22(11,16-4)23(12,17-5)21(19,10)15-3/h13-17H2,1-12H3. The van der Waals surface area contributed by atoms with E-state index in [4.69, 9.17) is 0 Å². The van der Waals surface area contributed by atoms with Crippen molar-refractivity contribution in [2.24, 2.45) is 32.5 Å². The second-order valence-corrected chi connectivity index (χ2v) is 10.1. The molecule has 1 saturated carbocycles. The van der Waals surface area contributed by atoms with Crippen LogP contribution in [0.2, 0.25) is 0 Å². The third-order valence-electron chi connectivity index (χ3n) is 11.2. The number of rotatable bonds is 5. The van der Waals surface area contributed by atoms with Crippen molar-refractivity contribution >= 4 is 0 Å². The van der Waals surface area contributed by atoms with Crippen molar-refractivity contribution in [2.45, 2.75) is 115 Å². The highest BCUT2D eigenvalue weighted by atomic mass is 14.8. The molecule has 4 atom stereocenters. The van der Waals surface area contributed by atoms with Crippen LogP contribution in [0.1, 0.15) is 115 Å². The molecule has 0 saturated heterocycles. The van der Waals surface area contributed by atoms with E-state index in [1.54, 1.807) is 0 Å². The van der Waals surface area contributed by atoms with Crippen LogP contribution in [0, 0.1) is 32.5 Å². The summed E-state index contributed by atoms with van der Waals surface area (Å²) in [5, 5.41) is 0. The third-order valence-corrected chi connectivity index (χ3v) is 11.2. The van der Waals surface area contributed by atoms with Crippen LogP contribution in [0.15, 0.2) is 0 Å². The molecule has 1 rings (SSSR count). The Morgan fingerprint density at radius 3 is 0.696 bits per heavy atom. The molecule has 0 heteroatoms. The molecule has 0 radical (unpaired) electrons. The molecule has 1 aliphatic rings. The Balaban J connectivity index is 4.00. The molecule has 0 aromatic rings. The van der Waals surface area contributed by atoms with Gasteiger partial charge in [-0.15, -0.1) is 0 Å². The zero-order valence-electron chi connectivity index (χ0n) is 18.5. The maximum absolute atomic E-state index is 2.64. The smallest absolute Gasteiger partial charge is 0.0210 e. The van der Waals surface area contributed by atoms with Gasteiger partial charge in [-0.1, -0.05) is 83.1 Å². The molecule has 0 N–H and O–H groups in total. The van der Waals surface area contributed by atoms with Crippen LogP contribution in [0.5, 0.6) is 0 Å². The van der Waals surface area contributed by atoms with Crippen LogP contribution < -0.4 is 0 Å². The van der Waals surface area contributed by atoms with Crippen molar-refractivity contribution < 1.29 is 0 Å². The lowest BCUT2D eigenvalue weighted by molar-refractivity contribution is -0.317. The van der Waals surface area contributed by atoms with E-state index in [0.29, 0.717) is 32.5 Å². The predicted molar refractivity (Wildman–Crippen MR) is 106 cm³/mol. The average molecular weight is 323 g/mol. The molecular weight excluding hydrogens is 276 g/mol. The largest absolute Gasteiger partial charge is 0.0648 e. The Hall–Kier alpha value is 0. The van der Waals surface area contributed by atoms with Crippen molar-refractivity contribution in [3.8, 4) is 0 Å². The number of hydrogen-bond donors (Lipinski definition) is 0. The fraction of sp³-hybridized carbons (Fsp3) is 1.00. The van der Waals surface area contributed by atoms with E-state index in [-0.39, 0.29) is 0 Å². The van der Waals surface area contributed by atoms with E-state index >= 15 is 0 Å². The molecular formula is C23H46. The Bertz CT molecular complexity index is 399. The molecule has 23 heavy (non-hydrogen) atoms. The van der Waals surface area contributed by atoms with Gasteiger partial charge in [0.1, 0.15) is 0 Å². The van der Waals surface area contributed by atoms with Crippen LogP contribution in [-0.2, 0) is 0 Å². The van der Waals surface area contributed by atoms with Crippen LogP contribution in [0.25, 0.3) is 0 Å². The first-order valence-electron chi connectivity index (χ1n) is 10.3. The second-order valence-electron chi connectivity index (χ2n) is 10.1. The first-order valence-corrected chi connectivity index (χ1v) is 10.3. The molecule has 0 amide bonds. The van der Waals surface area contributed by atoms with Crippen LogP contribution in [-0.4, -0.2) is 0 Å². The fourth-order valence-electron chi connectivity index (χ4n) is 7.82. The zero-order valence-corrected chi connectivity index (χ0v) is 18.5. The third kappa shape index (κ3) is 1.85. The first kappa shape index (κ1) is 21.0. The molecule has 0 heterocycles. The zero-order chi connectivity index (χ0) is 18.5. The van der Waals surface area contributed by atoms with E-state index < -0.39 is 0 Å². The topological polar surface area (TPSA) is 0 Å². The van der Waals surface area contributed by atoms with Gasteiger partial charge in [-0.05, 0) is 64.6 Å². The molecule has 4 unspecified atom stereocenters. The van der Waals surface area contributed by atoms with Crippen molar-refractivity contribution in [1.82, 2.24) is 0 Å². The Morgan fingerprint density at radius 1 is 0.348 bits per heavy atom. The Labute approximate surface area is 148 Å². The molecule has 0 nitrogen and oxygen atoms in total. The van der Waals surface area contributed by atoms with E-state index in [0.717, 1.165) is 0 Å². The lowest BCUT2D eigenvalue weighted by Crippen LogP contribution is -2.73. The summed E-state index contributed by atoms with van der Waals surface area (Å²) in [7, 11) is 0. The summed E-state index contributed by atoms with van der Waals surface area (Å²) in [4.78, 5) is 0. The van der Waals surface area contributed by atoms with Gasteiger partial charge in [-0.3, -0.25) is 0 Å². The number of hydrogen-bond acceptors (Lipinski definition) is 0. The van der Waals surface area contributed by atoms with E-state index in [1.807, 2.05) is 0 Å². The first-order chi connectivity index (χ1) is 10.3. The molecule has 0 aliphatic heterocycles. The normalized spacial score (nSPS) is 50.1. The molecule has 0 bridgehead atoms. The van der Waals surface area contributed by atoms with Gasteiger partial charge in [-0.2, -0.15) is 0 Å². The Kier molecular flexibility index (Phi) is 5.28. The van der Waals surface area contributed by atoms with Gasteiger partial charge >= 0.3 is 0 Å². The minimum atomic E-state index is 0.313. The summed E-state index contributed by atoms with van der Waals surface area (Å²) >= 11 is 0. The van der Waals surface area contributed by atoms with Gasteiger partial charge in [0, 0.05) is 0 Å². The van der Waals surface area contributed by atoms with Crippen molar-refractivity contribution in [3.63, 3.8) is 0 Å². The maximum Gasteiger partial charge on any atom is -0.0210 e. The molecule has 0 aromatic heterocycles. The van der Waals surface area contributed by atoms with Crippen molar-refractivity contribution in [1.29, 1.82) is 0 Å². The lowest BCUT2D eigenvalue weighted by Gasteiger charge is -2.80. The lowest BCUT2D eigenvalue weighted by atomic mass is 9.24. The molecule has 0 spiro atoms. The summed E-state index contributed by atoms with van der Waals surface area (Å²) in [6.07, 6.45) is 6.38. The second kappa shape index (κ2) is 5.77. The highest BCUT2D eigenvalue weighted by Gasteiger charge is 2.75. The van der Waals surface area contributed by atoms with Gasteiger partial charge < -0.3 is 0 Å². The van der Waals surface area contributed by atoms with Gasteiger partial charge in [-0.25, -0.2) is 0 Å². The SMILES string of the molecule is CCC1(C)C(C)(C)C(C)(CC)C(C)(CC)C(C)(CC)C1(C)CC. The summed E-state index contributed by atoms with van der Waals surface area (Å²) in [5.41, 5.74) is 2.07. The summed E-state index contributed by atoms with van der Waals surface area (Å²) < 4.78 is 0. The molecule has 138 valence electrons. The summed E-state index contributed by atoms with van der Waals surface area (Å²) in [6.45, 7) is 30.5. The van der Waals surface area contributed by atoms with E-state index in [2.05, 4.69) is 83.1 Å². The molecule has 1 fully saturated rings. The van der Waals surface area contributed by atoms with E-state index in [9.17, 15) is 0 Å². The predicted octanol–water partition coefficient (Wildman–Crippen LogP) is 8.11.